The van der Waals surface area contributed by atoms with Crippen molar-refractivity contribution in [3.05, 3.63) is 70.4 Å². The number of anilines is 1. The van der Waals surface area contributed by atoms with Gasteiger partial charge in [-0.3, -0.25) is 4.79 Å². The summed E-state index contributed by atoms with van der Waals surface area (Å²) >= 11 is 0. The highest BCUT2D eigenvalue weighted by molar-refractivity contribution is 5.92. The fourth-order valence-electron chi connectivity index (χ4n) is 3.15. The second kappa shape index (κ2) is 6.68. The van der Waals surface area contributed by atoms with Gasteiger partial charge in [-0.1, -0.05) is 36.8 Å². The number of benzene rings is 2. The molecule has 0 bridgehead atoms. The van der Waals surface area contributed by atoms with Crippen molar-refractivity contribution in [1.29, 1.82) is 0 Å². The molecule has 136 valence electrons. The van der Waals surface area contributed by atoms with E-state index in [9.17, 15) is 9.59 Å². The summed E-state index contributed by atoms with van der Waals surface area (Å²) in [6, 6.07) is 13.4. The van der Waals surface area contributed by atoms with E-state index in [4.69, 9.17) is 0 Å². The lowest BCUT2D eigenvalue weighted by Gasteiger charge is -2.09. The summed E-state index contributed by atoms with van der Waals surface area (Å²) in [6.07, 6.45) is 2.25. The lowest BCUT2D eigenvalue weighted by molar-refractivity contribution is -0.117. The minimum atomic E-state index is -0.389. The largest absolute Gasteiger partial charge is 0.352 e. The second-order valence-corrected chi connectivity index (χ2v) is 6.46. The number of carbonyl (C=O) groups is 1. The molecule has 0 radical (unpaired) electrons. The van der Waals surface area contributed by atoms with E-state index >= 15 is 0 Å². The molecule has 0 saturated carbocycles. The van der Waals surface area contributed by atoms with Gasteiger partial charge >= 0.3 is 5.69 Å². The van der Waals surface area contributed by atoms with Gasteiger partial charge in [-0.15, -0.1) is 5.10 Å². The first-order chi connectivity index (χ1) is 13.1. The maximum absolute atomic E-state index is 12.6. The van der Waals surface area contributed by atoms with Gasteiger partial charge in [-0.2, -0.15) is 0 Å². The second-order valence-electron chi connectivity index (χ2n) is 6.46. The summed E-state index contributed by atoms with van der Waals surface area (Å²) in [5, 5.41) is 8.02. The van der Waals surface area contributed by atoms with E-state index in [2.05, 4.69) is 15.4 Å². The third kappa shape index (κ3) is 3.08. The number of aromatic nitrogens is 4. The maximum atomic E-state index is 12.6. The molecule has 4 rings (SSSR count). The summed E-state index contributed by atoms with van der Waals surface area (Å²) in [4.78, 5) is 29.4. The first-order valence-corrected chi connectivity index (χ1v) is 8.79. The van der Waals surface area contributed by atoms with E-state index < -0.39 is 0 Å². The van der Waals surface area contributed by atoms with Crippen molar-refractivity contribution in [1.82, 2.24) is 19.2 Å². The predicted octanol–water partition coefficient (Wildman–Crippen LogP) is 2.55. The van der Waals surface area contributed by atoms with Gasteiger partial charge in [0, 0.05) is 11.1 Å². The lowest BCUT2D eigenvalue weighted by atomic mass is 10.1. The van der Waals surface area contributed by atoms with Crippen LogP contribution in [0.4, 0.5) is 5.69 Å². The van der Waals surface area contributed by atoms with Crippen LogP contribution in [-0.4, -0.2) is 25.1 Å². The number of aryl methyl sites for hydroxylation is 2. The van der Waals surface area contributed by atoms with Crippen molar-refractivity contribution in [3.8, 4) is 0 Å². The van der Waals surface area contributed by atoms with Gasteiger partial charge in [-0.25, -0.2) is 18.9 Å². The number of carbonyl (C=O) groups excluding carboxylic acids is 1. The van der Waals surface area contributed by atoms with Crippen molar-refractivity contribution in [2.75, 3.05) is 5.32 Å². The summed E-state index contributed by atoms with van der Waals surface area (Å²) in [7, 11) is 0. The standard InChI is InChI=1S/C20H19N5O2/c1-3-14-6-4-5-7-16(14)22-18(26)11-25-20(27)24-12-21-17-9-8-13(2)10-15(17)19(24)23-25/h4-10,12H,3,11H2,1-2H3,(H,22,26). The predicted molar refractivity (Wildman–Crippen MR) is 104 cm³/mol. The van der Waals surface area contributed by atoms with Crippen molar-refractivity contribution >= 4 is 28.1 Å². The molecule has 0 atom stereocenters. The third-order valence-corrected chi connectivity index (χ3v) is 4.54. The number of para-hydroxylation sites is 1. The average Bonchev–Trinajstić information content (AvgIpc) is 2.98. The Morgan fingerprint density at radius 3 is 2.81 bits per heavy atom. The Morgan fingerprint density at radius 2 is 2.00 bits per heavy atom. The van der Waals surface area contributed by atoms with Crippen LogP contribution >= 0.6 is 0 Å². The Kier molecular flexibility index (Phi) is 4.19. The van der Waals surface area contributed by atoms with E-state index in [-0.39, 0.29) is 18.1 Å². The molecule has 0 saturated heterocycles. The van der Waals surface area contributed by atoms with Gasteiger partial charge in [0.05, 0.1) is 5.52 Å². The van der Waals surface area contributed by atoms with Gasteiger partial charge in [0.15, 0.2) is 5.65 Å². The average molecular weight is 361 g/mol. The van der Waals surface area contributed by atoms with E-state index in [1.807, 2.05) is 56.3 Å². The molecule has 0 unspecified atom stereocenters. The molecule has 0 aliphatic heterocycles. The Labute approximate surface area is 155 Å². The molecule has 0 fully saturated rings. The number of rotatable bonds is 4. The van der Waals surface area contributed by atoms with Crippen LogP contribution in [0.3, 0.4) is 0 Å². The molecular weight excluding hydrogens is 342 g/mol. The van der Waals surface area contributed by atoms with Crippen molar-refractivity contribution in [2.24, 2.45) is 0 Å². The minimum absolute atomic E-state index is 0.161. The van der Waals surface area contributed by atoms with Crippen LogP contribution < -0.4 is 11.0 Å². The minimum Gasteiger partial charge on any atom is -0.324 e. The Balaban J connectivity index is 1.69. The quantitative estimate of drug-likeness (QED) is 0.606. The normalized spacial score (nSPS) is 11.2. The maximum Gasteiger partial charge on any atom is 0.352 e. The van der Waals surface area contributed by atoms with Crippen LogP contribution in [0, 0.1) is 6.92 Å². The van der Waals surface area contributed by atoms with Gasteiger partial charge in [0.2, 0.25) is 5.91 Å². The molecule has 0 aliphatic carbocycles. The summed E-state index contributed by atoms with van der Waals surface area (Å²) in [5.74, 6) is -0.296. The molecular formula is C20H19N5O2. The number of fused-ring (bicyclic) bond motifs is 3. The van der Waals surface area contributed by atoms with Crippen LogP contribution in [0.1, 0.15) is 18.1 Å². The molecule has 7 nitrogen and oxygen atoms in total. The molecule has 1 N–H and O–H groups in total. The van der Waals surface area contributed by atoms with Crippen LogP contribution in [0.2, 0.25) is 0 Å². The molecule has 2 aromatic carbocycles. The smallest absolute Gasteiger partial charge is 0.324 e. The molecule has 2 aromatic heterocycles. The van der Waals surface area contributed by atoms with E-state index in [1.54, 1.807) is 0 Å². The fraction of sp³-hybridized carbons (Fsp3) is 0.200. The van der Waals surface area contributed by atoms with Crippen LogP contribution in [0.15, 0.2) is 53.6 Å². The number of amides is 1. The highest BCUT2D eigenvalue weighted by Crippen LogP contribution is 2.17. The van der Waals surface area contributed by atoms with Crippen molar-refractivity contribution in [2.45, 2.75) is 26.8 Å². The topological polar surface area (TPSA) is 81.3 Å². The SMILES string of the molecule is CCc1ccccc1NC(=O)Cn1nc2c3cc(C)ccc3ncn2c1=O. The summed E-state index contributed by atoms with van der Waals surface area (Å²) in [6.45, 7) is 3.83. The first kappa shape index (κ1) is 17.0. The Morgan fingerprint density at radius 1 is 1.19 bits per heavy atom. The Hall–Kier alpha value is -3.48. The van der Waals surface area contributed by atoms with E-state index in [0.717, 1.165) is 34.1 Å². The Bertz CT molecular complexity index is 1220. The number of nitrogens with one attached hydrogen (secondary N) is 1. The molecule has 0 aliphatic rings. The lowest BCUT2D eigenvalue weighted by Crippen LogP contribution is -2.28. The highest BCUT2D eigenvalue weighted by atomic mass is 16.2. The van der Waals surface area contributed by atoms with E-state index in [0.29, 0.717) is 5.65 Å². The molecule has 4 aromatic rings. The monoisotopic (exact) mass is 361 g/mol. The number of hydrogen-bond donors (Lipinski definition) is 1. The molecule has 2 heterocycles. The van der Waals surface area contributed by atoms with Crippen LogP contribution in [0.25, 0.3) is 16.6 Å². The zero-order valence-electron chi connectivity index (χ0n) is 15.1. The molecule has 27 heavy (non-hydrogen) atoms. The van der Waals surface area contributed by atoms with Crippen molar-refractivity contribution in [3.63, 3.8) is 0 Å². The zero-order chi connectivity index (χ0) is 19.0. The summed E-state index contributed by atoms with van der Waals surface area (Å²) in [5.41, 5.74) is 3.71. The van der Waals surface area contributed by atoms with Gasteiger partial charge in [0.25, 0.3) is 0 Å². The highest BCUT2D eigenvalue weighted by Gasteiger charge is 2.14. The van der Waals surface area contributed by atoms with Gasteiger partial charge in [0.1, 0.15) is 12.9 Å². The third-order valence-electron chi connectivity index (χ3n) is 4.54. The summed E-state index contributed by atoms with van der Waals surface area (Å²) < 4.78 is 2.54. The molecule has 0 spiro atoms. The number of hydrogen-bond acceptors (Lipinski definition) is 4. The van der Waals surface area contributed by atoms with Crippen molar-refractivity contribution < 1.29 is 4.79 Å². The van der Waals surface area contributed by atoms with Gasteiger partial charge < -0.3 is 5.32 Å². The van der Waals surface area contributed by atoms with E-state index in [1.165, 1.54) is 15.4 Å². The molecule has 1 amide bonds. The van der Waals surface area contributed by atoms with Crippen LogP contribution in [-0.2, 0) is 17.8 Å². The first-order valence-electron chi connectivity index (χ1n) is 8.79. The molecule has 7 heteroatoms. The fourth-order valence-corrected chi connectivity index (χ4v) is 3.15. The zero-order valence-corrected chi connectivity index (χ0v) is 15.1. The van der Waals surface area contributed by atoms with Gasteiger partial charge in [-0.05, 0) is 37.1 Å². The number of nitrogens with zero attached hydrogens (tertiary/aromatic N) is 4. The van der Waals surface area contributed by atoms with Crippen LogP contribution in [0.5, 0.6) is 0 Å².